The van der Waals surface area contributed by atoms with E-state index in [-0.39, 0.29) is 5.91 Å². The van der Waals surface area contributed by atoms with Gasteiger partial charge in [-0.3, -0.25) is 4.79 Å². The number of carbonyl (C=O) groups excluding carboxylic acids is 1. The van der Waals surface area contributed by atoms with E-state index in [1.54, 1.807) is 4.68 Å². The Morgan fingerprint density at radius 3 is 2.80 bits per heavy atom. The van der Waals surface area contributed by atoms with Gasteiger partial charge in [0.2, 0.25) is 11.1 Å². The Balaban J connectivity index is 1.60. The Hall–Kier alpha value is -1.89. The third kappa shape index (κ3) is 4.39. The van der Waals surface area contributed by atoms with Crippen LogP contribution in [-0.4, -0.2) is 37.9 Å². The zero-order valence-electron chi connectivity index (χ0n) is 15.0. The smallest absolute Gasteiger partial charge is 0.230 e. The molecule has 1 aromatic heterocycles. The third-order valence-corrected chi connectivity index (χ3v) is 5.88. The Bertz CT molecular complexity index is 737. The number of aromatic nitrogens is 4. The van der Waals surface area contributed by atoms with Crippen molar-refractivity contribution in [2.75, 3.05) is 5.75 Å². The Labute approximate surface area is 152 Å². The lowest BCUT2D eigenvalue weighted by molar-refractivity contribution is -0.119. The van der Waals surface area contributed by atoms with Gasteiger partial charge in [-0.15, -0.1) is 5.10 Å². The number of benzene rings is 1. The highest BCUT2D eigenvalue weighted by atomic mass is 32.2. The fourth-order valence-electron chi connectivity index (χ4n) is 3.19. The average molecular weight is 359 g/mol. The fraction of sp³-hybridized carbons (Fsp3) is 0.556. The van der Waals surface area contributed by atoms with E-state index in [1.165, 1.54) is 30.2 Å². The number of nitrogens with zero attached hydrogens (tertiary/aromatic N) is 4. The fourth-order valence-corrected chi connectivity index (χ4v) is 3.88. The lowest BCUT2D eigenvalue weighted by Crippen LogP contribution is -2.38. The summed E-state index contributed by atoms with van der Waals surface area (Å²) in [6, 6.07) is 6.37. The molecule has 134 valence electrons. The highest BCUT2D eigenvalue weighted by molar-refractivity contribution is 7.99. The summed E-state index contributed by atoms with van der Waals surface area (Å²) >= 11 is 1.38. The molecule has 0 atom stereocenters. The molecule has 1 fully saturated rings. The van der Waals surface area contributed by atoms with Crippen molar-refractivity contribution in [3.63, 3.8) is 0 Å². The van der Waals surface area contributed by atoms with Crippen LogP contribution >= 0.6 is 11.8 Å². The second-order valence-corrected chi connectivity index (χ2v) is 7.85. The first-order valence-electron chi connectivity index (χ1n) is 8.81. The van der Waals surface area contributed by atoms with Gasteiger partial charge in [-0.2, -0.15) is 4.68 Å². The first-order chi connectivity index (χ1) is 12.0. The van der Waals surface area contributed by atoms with Gasteiger partial charge in [0.25, 0.3) is 0 Å². The summed E-state index contributed by atoms with van der Waals surface area (Å²) < 4.78 is 1.71. The summed E-state index contributed by atoms with van der Waals surface area (Å²) in [5.74, 6) is 1.17. The first kappa shape index (κ1) is 17.9. The van der Waals surface area contributed by atoms with Crippen LogP contribution in [0.1, 0.15) is 43.7 Å². The van der Waals surface area contributed by atoms with Crippen molar-refractivity contribution < 1.29 is 4.79 Å². The van der Waals surface area contributed by atoms with Crippen LogP contribution in [0.2, 0.25) is 0 Å². The van der Waals surface area contributed by atoms with Gasteiger partial charge in [0.15, 0.2) is 0 Å². The molecular weight excluding hydrogens is 334 g/mol. The molecule has 3 rings (SSSR count). The summed E-state index contributed by atoms with van der Waals surface area (Å²) in [6.45, 7) is 6.40. The highest BCUT2D eigenvalue weighted by Gasteiger charge is 2.20. The third-order valence-electron chi connectivity index (χ3n) is 4.96. The van der Waals surface area contributed by atoms with Gasteiger partial charge in [-0.25, -0.2) is 0 Å². The van der Waals surface area contributed by atoms with Crippen LogP contribution < -0.4 is 5.32 Å². The van der Waals surface area contributed by atoms with E-state index in [0.29, 0.717) is 17.0 Å². The number of carbonyl (C=O) groups is 1. The van der Waals surface area contributed by atoms with Crippen LogP contribution in [0.4, 0.5) is 0 Å². The van der Waals surface area contributed by atoms with Crippen molar-refractivity contribution in [1.29, 1.82) is 0 Å². The van der Waals surface area contributed by atoms with Gasteiger partial charge in [-0.05, 0) is 73.1 Å². The predicted molar refractivity (Wildman–Crippen MR) is 98.9 cm³/mol. The lowest BCUT2D eigenvalue weighted by atomic mass is 9.87. The van der Waals surface area contributed by atoms with Gasteiger partial charge >= 0.3 is 0 Å². The van der Waals surface area contributed by atoms with Gasteiger partial charge in [0.1, 0.15) is 0 Å². The van der Waals surface area contributed by atoms with Crippen molar-refractivity contribution in [1.82, 2.24) is 25.5 Å². The van der Waals surface area contributed by atoms with E-state index in [9.17, 15) is 4.79 Å². The predicted octanol–water partition coefficient (Wildman–Crippen LogP) is 3.07. The number of thioether (sulfide) groups is 1. The standard InChI is InChI=1S/C18H25N5OS/c1-12-7-9-15(10-8-12)19-17(24)11-25-18-20-21-22-23(18)16-6-4-5-13(2)14(16)3/h4-6,12,15H,7-11H2,1-3H3,(H,19,24). The molecule has 1 aliphatic rings. The van der Waals surface area contributed by atoms with Crippen molar-refractivity contribution in [2.24, 2.45) is 5.92 Å². The van der Waals surface area contributed by atoms with E-state index in [4.69, 9.17) is 0 Å². The van der Waals surface area contributed by atoms with E-state index < -0.39 is 0 Å². The summed E-state index contributed by atoms with van der Waals surface area (Å²) in [5, 5.41) is 15.7. The van der Waals surface area contributed by atoms with Crippen molar-refractivity contribution in [3.05, 3.63) is 29.3 Å². The molecule has 25 heavy (non-hydrogen) atoms. The SMILES string of the molecule is Cc1cccc(-n2nnnc2SCC(=O)NC2CCC(C)CC2)c1C. The number of tetrazole rings is 1. The topological polar surface area (TPSA) is 72.7 Å². The Morgan fingerprint density at radius 1 is 1.28 bits per heavy atom. The minimum absolute atomic E-state index is 0.0556. The Kier molecular flexibility index (Phi) is 5.73. The molecule has 0 aliphatic heterocycles. The quantitative estimate of drug-likeness (QED) is 0.831. The molecule has 7 heteroatoms. The van der Waals surface area contributed by atoms with E-state index >= 15 is 0 Å². The molecule has 1 aromatic carbocycles. The number of nitrogens with one attached hydrogen (secondary N) is 1. The summed E-state index contributed by atoms with van der Waals surface area (Å²) in [4.78, 5) is 12.2. The zero-order chi connectivity index (χ0) is 17.8. The second-order valence-electron chi connectivity index (χ2n) is 6.91. The molecule has 6 nitrogen and oxygen atoms in total. The van der Waals surface area contributed by atoms with Crippen LogP contribution in [0.5, 0.6) is 0 Å². The monoisotopic (exact) mass is 359 g/mol. The average Bonchev–Trinajstić information content (AvgIpc) is 3.06. The van der Waals surface area contributed by atoms with Gasteiger partial charge in [0, 0.05) is 6.04 Å². The number of hydrogen-bond donors (Lipinski definition) is 1. The molecule has 1 saturated carbocycles. The number of rotatable bonds is 5. The van der Waals surface area contributed by atoms with Gasteiger partial charge in [0.05, 0.1) is 11.4 Å². The van der Waals surface area contributed by atoms with Gasteiger partial charge in [-0.1, -0.05) is 30.8 Å². The summed E-state index contributed by atoms with van der Waals surface area (Å²) in [7, 11) is 0. The number of hydrogen-bond acceptors (Lipinski definition) is 5. The molecule has 1 N–H and O–H groups in total. The highest BCUT2D eigenvalue weighted by Crippen LogP contribution is 2.24. The number of aryl methyl sites for hydroxylation is 1. The minimum Gasteiger partial charge on any atom is -0.353 e. The molecule has 2 aromatic rings. The maximum atomic E-state index is 12.2. The molecule has 0 bridgehead atoms. The molecule has 0 saturated heterocycles. The lowest BCUT2D eigenvalue weighted by Gasteiger charge is -2.26. The van der Waals surface area contributed by atoms with Crippen LogP contribution in [0.25, 0.3) is 5.69 Å². The Morgan fingerprint density at radius 2 is 2.04 bits per heavy atom. The minimum atomic E-state index is 0.0556. The van der Waals surface area contributed by atoms with E-state index in [2.05, 4.69) is 47.7 Å². The maximum Gasteiger partial charge on any atom is 0.230 e. The molecule has 1 amide bonds. The maximum absolute atomic E-state index is 12.2. The number of amides is 1. The van der Waals surface area contributed by atoms with Crippen LogP contribution in [0, 0.1) is 19.8 Å². The molecular formula is C18H25N5OS. The summed E-state index contributed by atoms with van der Waals surface area (Å²) in [5.41, 5.74) is 3.28. The van der Waals surface area contributed by atoms with Crippen LogP contribution in [0.3, 0.4) is 0 Å². The van der Waals surface area contributed by atoms with Gasteiger partial charge < -0.3 is 5.32 Å². The first-order valence-corrected chi connectivity index (χ1v) is 9.80. The molecule has 0 spiro atoms. The van der Waals surface area contributed by atoms with Crippen molar-refractivity contribution in [3.8, 4) is 5.69 Å². The van der Waals surface area contributed by atoms with E-state index in [0.717, 1.165) is 30.0 Å². The molecule has 1 aliphatic carbocycles. The van der Waals surface area contributed by atoms with Crippen molar-refractivity contribution in [2.45, 2.75) is 57.7 Å². The van der Waals surface area contributed by atoms with E-state index in [1.807, 2.05) is 12.1 Å². The molecule has 0 radical (unpaired) electrons. The zero-order valence-corrected chi connectivity index (χ0v) is 15.8. The summed E-state index contributed by atoms with van der Waals surface area (Å²) in [6.07, 6.45) is 4.56. The van der Waals surface area contributed by atoms with Crippen LogP contribution in [-0.2, 0) is 4.79 Å². The largest absolute Gasteiger partial charge is 0.353 e. The van der Waals surface area contributed by atoms with Crippen molar-refractivity contribution >= 4 is 17.7 Å². The molecule has 0 unspecified atom stereocenters. The normalized spacial score (nSPS) is 20.4. The molecule has 1 heterocycles. The second kappa shape index (κ2) is 7.99. The van der Waals surface area contributed by atoms with Crippen LogP contribution in [0.15, 0.2) is 23.4 Å².